The molecule has 2 aromatic rings. The molecule has 0 aliphatic rings. The number of amides is 1. The maximum atomic E-state index is 13.0. The first-order valence-corrected chi connectivity index (χ1v) is 6.51. The molecule has 0 spiro atoms. The van der Waals surface area contributed by atoms with Crippen LogP contribution >= 0.6 is 0 Å². The topological polar surface area (TPSA) is 38.3 Å². The molecule has 0 radical (unpaired) electrons. The molecule has 108 valence electrons. The average molecular weight is 285 g/mol. The molecule has 0 aliphatic carbocycles. The fraction of sp³-hybridized carbons (Fsp3) is 0.118. The highest BCUT2D eigenvalue weighted by Gasteiger charge is 2.08. The Hall–Kier alpha value is -2.62. The largest absolute Gasteiger partial charge is 0.490 e. The summed E-state index contributed by atoms with van der Waals surface area (Å²) in [6, 6.07) is 11.0. The normalized spacial score (nSPS) is 10.0. The lowest BCUT2D eigenvalue weighted by Crippen LogP contribution is -2.12. The number of hydrogen-bond acceptors (Lipinski definition) is 2. The summed E-state index contributed by atoms with van der Waals surface area (Å²) in [4.78, 5) is 12.1. The van der Waals surface area contributed by atoms with Crippen LogP contribution in [0.1, 0.15) is 15.9 Å². The van der Waals surface area contributed by atoms with E-state index in [0.717, 1.165) is 0 Å². The lowest BCUT2D eigenvalue weighted by Gasteiger charge is -2.09. The van der Waals surface area contributed by atoms with Crippen molar-refractivity contribution in [2.24, 2.45) is 0 Å². The lowest BCUT2D eigenvalue weighted by molar-refractivity contribution is 0.102. The highest BCUT2D eigenvalue weighted by atomic mass is 19.1. The minimum absolute atomic E-state index is 0.250. The molecule has 0 fully saturated rings. The third-order valence-corrected chi connectivity index (χ3v) is 2.92. The van der Waals surface area contributed by atoms with Crippen LogP contribution in [0.15, 0.2) is 55.1 Å². The minimum Gasteiger partial charge on any atom is -0.490 e. The molecule has 0 saturated heterocycles. The fourth-order valence-electron chi connectivity index (χ4n) is 1.82. The summed E-state index contributed by atoms with van der Waals surface area (Å²) in [6.45, 7) is 5.72. The van der Waals surface area contributed by atoms with Crippen molar-refractivity contribution in [3.63, 3.8) is 0 Å². The number of anilines is 1. The number of benzene rings is 2. The van der Waals surface area contributed by atoms with E-state index in [2.05, 4.69) is 11.9 Å². The summed E-state index contributed by atoms with van der Waals surface area (Å²) in [5, 5.41) is 2.75. The molecular weight excluding hydrogens is 269 g/mol. The van der Waals surface area contributed by atoms with Gasteiger partial charge in [0.1, 0.15) is 18.2 Å². The number of nitrogens with one attached hydrogen (secondary N) is 1. The average Bonchev–Trinajstić information content (AvgIpc) is 2.48. The van der Waals surface area contributed by atoms with Crippen LogP contribution in [0.5, 0.6) is 5.75 Å². The zero-order chi connectivity index (χ0) is 15.2. The Kier molecular flexibility index (Phi) is 4.72. The lowest BCUT2D eigenvalue weighted by atomic mass is 10.1. The van der Waals surface area contributed by atoms with Gasteiger partial charge in [-0.3, -0.25) is 4.79 Å². The van der Waals surface area contributed by atoms with E-state index in [0.29, 0.717) is 29.2 Å². The molecule has 0 unspecified atom stereocenters. The molecule has 4 heteroatoms. The zero-order valence-electron chi connectivity index (χ0n) is 11.7. The van der Waals surface area contributed by atoms with Crippen molar-refractivity contribution in [2.75, 3.05) is 11.9 Å². The first kappa shape index (κ1) is 14.8. The van der Waals surface area contributed by atoms with E-state index in [-0.39, 0.29) is 11.7 Å². The van der Waals surface area contributed by atoms with Crippen molar-refractivity contribution in [1.82, 2.24) is 0 Å². The molecule has 0 saturated carbocycles. The summed E-state index contributed by atoms with van der Waals surface area (Å²) < 4.78 is 18.4. The summed E-state index contributed by atoms with van der Waals surface area (Å²) in [6.07, 6.45) is 1.65. The van der Waals surface area contributed by atoms with Crippen LogP contribution in [-0.2, 0) is 0 Å². The van der Waals surface area contributed by atoms with Crippen LogP contribution in [0.3, 0.4) is 0 Å². The molecule has 21 heavy (non-hydrogen) atoms. The van der Waals surface area contributed by atoms with Gasteiger partial charge in [0.15, 0.2) is 0 Å². The standard InChI is InChI=1S/C17H16FNO2/c1-3-10-21-15-7-4-13(5-8-15)17(20)19-16-9-6-14(18)11-12(16)2/h3-9,11H,1,10H2,2H3,(H,19,20). The Morgan fingerprint density at radius 2 is 2.00 bits per heavy atom. The second-order valence-corrected chi connectivity index (χ2v) is 4.54. The van der Waals surface area contributed by atoms with Crippen molar-refractivity contribution in [3.05, 3.63) is 72.1 Å². The van der Waals surface area contributed by atoms with Gasteiger partial charge in [0, 0.05) is 11.3 Å². The number of carbonyl (C=O) groups excluding carboxylic acids is 1. The van der Waals surface area contributed by atoms with Crippen molar-refractivity contribution in [3.8, 4) is 5.75 Å². The van der Waals surface area contributed by atoms with Crippen LogP contribution in [0.4, 0.5) is 10.1 Å². The van der Waals surface area contributed by atoms with E-state index in [9.17, 15) is 9.18 Å². The van der Waals surface area contributed by atoms with Crippen LogP contribution in [0.2, 0.25) is 0 Å². The van der Waals surface area contributed by atoms with E-state index in [1.807, 2.05) is 0 Å². The number of halogens is 1. The van der Waals surface area contributed by atoms with Gasteiger partial charge in [0.25, 0.3) is 5.91 Å². The molecule has 1 amide bonds. The second-order valence-electron chi connectivity index (χ2n) is 4.54. The fourth-order valence-corrected chi connectivity index (χ4v) is 1.82. The van der Waals surface area contributed by atoms with Crippen molar-refractivity contribution < 1.29 is 13.9 Å². The van der Waals surface area contributed by atoms with E-state index in [1.54, 1.807) is 43.3 Å². The number of carbonyl (C=O) groups is 1. The number of rotatable bonds is 5. The number of hydrogen-bond donors (Lipinski definition) is 1. The molecule has 0 atom stereocenters. The molecular formula is C17H16FNO2. The van der Waals surface area contributed by atoms with Gasteiger partial charge in [-0.15, -0.1) is 0 Å². The highest BCUT2D eigenvalue weighted by Crippen LogP contribution is 2.18. The quantitative estimate of drug-likeness (QED) is 0.845. The van der Waals surface area contributed by atoms with Gasteiger partial charge in [0.2, 0.25) is 0 Å². The van der Waals surface area contributed by atoms with Gasteiger partial charge in [-0.05, 0) is 55.0 Å². The molecule has 1 N–H and O–H groups in total. The van der Waals surface area contributed by atoms with E-state index >= 15 is 0 Å². The maximum Gasteiger partial charge on any atom is 0.255 e. The molecule has 0 heterocycles. The van der Waals surface area contributed by atoms with E-state index < -0.39 is 0 Å². The van der Waals surface area contributed by atoms with Gasteiger partial charge < -0.3 is 10.1 Å². The van der Waals surface area contributed by atoms with Crippen molar-refractivity contribution >= 4 is 11.6 Å². The third-order valence-electron chi connectivity index (χ3n) is 2.92. The Morgan fingerprint density at radius 1 is 1.29 bits per heavy atom. The molecule has 2 aromatic carbocycles. The Balaban J connectivity index is 2.07. The summed E-state index contributed by atoms with van der Waals surface area (Å²) in [5.41, 5.74) is 1.77. The molecule has 0 aromatic heterocycles. The first-order chi connectivity index (χ1) is 10.1. The Morgan fingerprint density at radius 3 is 2.62 bits per heavy atom. The van der Waals surface area contributed by atoms with Crippen LogP contribution in [0, 0.1) is 12.7 Å². The molecule has 0 aliphatic heterocycles. The van der Waals surface area contributed by atoms with E-state index in [4.69, 9.17) is 4.74 Å². The minimum atomic E-state index is -0.325. The predicted octanol–water partition coefficient (Wildman–Crippen LogP) is 3.95. The van der Waals surface area contributed by atoms with Gasteiger partial charge in [-0.25, -0.2) is 4.39 Å². The van der Waals surface area contributed by atoms with E-state index in [1.165, 1.54) is 12.1 Å². The van der Waals surface area contributed by atoms with Gasteiger partial charge in [-0.1, -0.05) is 12.7 Å². The summed E-state index contributed by atoms with van der Waals surface area (Å²) in [7, 11) is 0. The third kappa shape index (κ3) is 3.92. The SMILES string of the molecule is C=CCOc1ccc(C(=O)Nc2ccc(F)cc2C)cc1. The summed E-state index contributed by atoms with van der Waals surface area (Å²) in [5.74, 6) is 0.0959. The molecule has 3 nitrogen and oxygen atoms in total. The monoisotopic (exact) mass is 285 g/mol. The van der Waals surface area contributed by atoms with Crippen LogP contribution in [-0.4, -0.2) is 12.5 Å². The van der Waals surface area contributed by atoms with Crippen molar-refractivity contribution in [2.45, 2.75) is 6.92 Å². The number of aryl methyl sites for hydroxylation is 1. The second kappa shape index (κ2) is 6.70. The summed E-state index contributed by atoms with van der Waals surface area (Å²) >= 11 is 0. The Labute approximate surface area is 123 Å². The first-order valence-electron chi connectivity index (χ1n) is 6.51. The van der Waals surface area contributed by atoms with Gasteiger partial charge in [-0.2, -0.15) is 0 Å². The van der Waals surface area contributed by atoms with Gasteiger partial charge >= 0.3 is 0 Å². The zero-order valence-corrected chi connectivity index (χ0v) is 11.7. The maximum absolute atomic E-state index is 13.0. The van der Waals surface area contributed by atoms with Crippen LogP contribution in [0.25, 0.3) is 0 Å². The molecule has 0 bridgehead atoms. The number of ether oxygens (including phenoxy) is 1. The smallest absolute Gasteiger partial charge is 0.255 e. The van der Waals surface area contributed by atoms with Gasteiger partial charge in [0.05, 0.1) is 0 Å². The molecule has 2 rings (SSSR count). The Bertz CT molecular complexity index is 650. The van der Waals surface area contributed by atoms with Crippen LogP contribution < -0.4 is 10.1 Å². The van der Waals surface area contributed by atoms with Crippen molar-refractivity contribution in [1.29, 1.82) is 0 Å². The predicted molar refractivity (Wildman–Crippen MR) is 81.2 cm³/mol. The highest BCUT2D eigenvalue weighted by molar-refractivity contribution is 6.04.